The molecule has 0 saturated carbocycles. The number of hydrogen-bond acceptors (Lipinski definition) is 2. The van der Waals surface area contributed by atoms with Gasteiger partial charge in [0.25, 0.3) is 0 Å². The summed E-state index contributed by atoms with van der Waals surface area (Å²) in [6, 6.07) is 17.7. The molecule has 1 aliphatic heterocycles. The summed E-state index contributed by atoms with van der Waals surface area (Å²) in [4.78, 5) is 26.0. The molecule has 130 valence electrons. The molecule has 0 aromatic heterocycles. The van der Waals surface area contributed by atoms with E-state index in [0.29, 0.717) is 13.0 Å². The van der Waals surface area contributed by atoms with Crippen molar-refractivity contribution < 1.29 is 14.7 Å². The lowest BCUT2D eigenvalue weighted by atomic mass is 9.89. The van der Waals surface area contributed by atoms with Crippen molar-refractivity contribution in [2.45, 2.75) is 25.7 Å². The molecular formula is C21H23NO3. The van der Waals surface area contributed by atoms with Crippen LogP contribution in [0.5, 0.6) is 0 Å². The molecule has 4 heteroatoms. The van der Waals surface area contributed by atoms with Crippen molar-refractivity contribution in [2.24, 2.45) is 5.92 Å². The SMILES string of the molecule is CCc1ccc(CC(=O)N2CC(C(=O)O)C(c3ccccc3)C2)cc1. The molecule has 0 bridgehead atoms. The van der Waals surface area contributed by atoms with Gasteiger partial charge >= 0.3 is 5.97 Å². The fourth-order valence-corrected chi connectivity index (χ4v) is 3.47. The van der Waals surface area contributed by atoms with Crippen molar-refractivity contribution in [2.75, 3.05) is 13.1 Å². The van der Waals surface area contributed by atoms with Crippen LogP contribution >= 0.6 is 0 Å². The van der Waals surface area contributed by atoms with Gasteiger partial charge in [0, 0.05) is 19.0 Å². The molecule has 2 unspecified atom stereocenters. The fourth-order valence-electron chi connectivity index (χ4n) is 3.47. The van der Waals surface area contributed by atoms with Gasteiger partial charge in [0.1, 0.15) is 0 Å². The standard InChI is InChI=1S/C21H23NO3/c1-2-15-8-10-16(11-9-15)12-20(23)22-13-18(19(14-22)21(24)25)17-6-4-3-5-7-17/h3-11,18-19H,2,12-14H2,1H3,(H,24,25). The average Bonchev–Trinajstić information content (AvgIpc) is 3.09. The Bertz CT molecular complexity index is 739. The van der Waals surface area contributed by atoms with Gasteiger partial charge in [-0.15, -0.1) is 0 Å². The van der Waals surface area contributed by atoms with Gasteiger partial charge in [-0.05, 0) is 23.1 Å². The van der Waals surface area contributed by atoms with Crippen LogP contribution in [0.15, 0.2) is 54.6 Å². The van der Waals surface area contributed by atoms with E-state index in [1.54, 1.807) is 4.90 Å². The minimum absolute atomic E-state index is 0.00562. The van der Waals surface area contributed by atoms with Crippen LogP contribution in [-0.4, -0.2) is 35.0 Å². The van der Waals surface area contributed by atoms with E-state index in [1.807, 2.05) is 54.6 Å². The van der Waals surface area contributed by atoms with Gasteiger partial charge in [0.15, 0.2) is 0 Å². The minimum Gasteiger partial charge on any atom is -0.481 e. The summed E-state index contributed by atoms with van der Waals surface area (Å²) in [6.45, 7) is 2.84. The highest BCUT2D eigenvalue weighted by Crippen LogP contribution is 2.33. The Morgan fingerprint density at radius 1 is 1.00 bits per heavy atom. The third-order valence-electron chi connectivity index (χ3n) is 5.00. The molecule has 25 heavy (non-hydrogen) atoms. The first-order chi connectivity index (χ1) is 12.1. The van der Waals surface area contributed by atoms with Gasteiger partial charge in [0.2, 0.25) is 5.91 Å². The second-order valence-electron chi connectivity index (χ2n) is 6.61. The van der Waals surface area contributed by atoms with Crippen molar-refractivity contribution in [1.82, 2.24) is 4.90 Å². The molecule has 0 radical (unpaired) electrons. The van der Waals surface area contributed by atoms with E-state index in [2.05, 4.69) is 6.92 Å². The van der Waals surface area contributed by atoms with Crippen molar-refractivity contribution in [1.29, 1.82) is 0 Å². The Morgan fingerprint density at radius 2 is 1.64 bits per heavy atom. The molecule has 1 amide bonds. The lowest BCUT2D eigenvalue weighted by Crippen LogP contribution is -2.31. The molecule has 0 aliphatic carbocycles. The number of aliphatic carboxylic acids is 1. The summed E-state index contributed by atoms with van der Waals surface area (Å²) in [6.07, 6.45) is 1.29. The first kappa shape index (κ1) is 17.2. The maximum atomic E-state index is 12.6. The normalized spacial score (nSPS) is 19.8. The molecule has 4 nitrogen and oxygen atoms in total. The number of nitrogens with zero attached hydrogens (tertiary/aromatic N) is 1. The van der Waals surface area contributed by atoms with Crippen LogP contribution in [-0.2, 0) is 22.4 Å². The van der Waals surface area contributed by atoms with E-state index in [-0.39, 0.29) is 18.4 Å². The number of carboxylic acids is 1. The summed E-state index contributed by atoms with van der Waals surface area (Å²) >= 11 is 0. The molecule has 1 fully saturated rings. The molecule has 2 aromatic rings. The van der Waals surface area contributed by atoms with Crippen molar-refractivity contribution in [3.05, 3.63) is 71.3 Å². The van der Waals surface area contributed by atoms with Crippen molar-refractivity contribution in [3.63, 3.8) is 0 Å². The third-order valence-corrected chi connectivity index (χ3v) is 5.00. The van der Waals surface area contributed by atoms with Crippen molar-refractivity contribution >= 4 is 11.9 Å². The van der Waals surface area contributed by atoms with Gasteiger partial charge in [-0.3, -0.25) is 9.59 Å². The topological polar surface area (TPSA) is 57.6 Å². The van der Waals surface area contributed by atoms with Crippen LogP contribution in [0.3, 0.4) is 0 Å². The van der Waals surface area contributed by atoms with Gasteiger partial charge in [0.05, 0.1) is 12.3 Å². The lowest BCUT2D eigenvalue weighted by Gasteiger charge is -2.16. The van der Waals surface area contributed by atoms with E-state index < -0.39 is 11.9 Å². The first-order valence-corrected chi connectivity index (χ1v) is 8.71. The Hall–Kier alpha value is -2.62. The molecule has 2 aromatic carbocycles. The minimum atomic E-state index is -0.837. The highest BCUT2D eigenvalue weighted by atomic mass is 16.4. The Balaban J connectivity index is 1.71. The van der Waals surface area contributed by atoms with E-state index >= 15 is 0 Å². The quantitative estimate of drug-likeness (QED) is 0.912. The van der Waals surface area contributed by atoms with Crippen LogP contribution in [0, 0.1) is 5.92 Å². The first-order valence-electron chi connectivity index (χ1n) is 8.71. The summed E-state index contributed by atoms with van der Waals surface area (Å²) < 4.78 is 0. The summed E-state index contributed by atoms with van der Waals surface area (Å²) in [5, 5.41) is 9.55. The highest BCUT2D eigenvalue weighted by Gasteiger charge is 2.40. The van der Waals surface area contributed by atoms with Crippen LogP contribution in [0.2, 0.25) is 0 Å². The number of aryl methyl sites for hydroxylation is 1. The number of amides is 1. The van der Waals surface area contributed by atoms with Crippen molar-refractivity contribution in [3.8, 4) is 0 Å². The number of carbonyl (C=O) groups is 2. The predicted molar refractivity (Wildman–Crippen MR) is 96.4 cm³/mol. The zero-order valence-corrected chi connectivity index (χ0v) is 14.4. The molecule has 1 aliphatic rings. The predicted octanol–water partition coefficient (Wildman–Crippen LogP) is 3.12. The van der Waals surface area contributed by atoms with Crippen LogP contribution in [0.4, 0.5) is 0 Å². The fraction of sp³-hybridized carbons (Fsp3) is 0.333. The van der Waals surface area contributed by atoms with E-state index in [0.717, 1.165) is 17.5 Å². The van der Waals surface area contributed by atoms with Gasteiger partial charge in [-0.1, -0.05) is 61.5 Å². The van der Waals surface area contributed by atoms with Gasteiger partial charge in [-0.2, -0.15) is 0 Å². The van der Waals surface area contributed by atoms with E-state index in [9.17, 15) is 14.7 Å². The molecule has 1 saturated heterocycles. The third kappa shape index (κ3) is 3.90. The summed E-state index contributed by atoms with van der Waals surface area (Å²) in [5.74, 6) is -1.54. The van der Waals surface area contributed by atoms with Crippen LogP contribution in [0.25, 0.3) is 0 Å². The van der Waals surface area contributed by atoms with Gasteiger partial charge < -0.3 is 10.0 Å². The Kier molecular flexibility index (Phi) is 5.17. The zero-order valence-electron chi connectivity index (χ0n) is 14.4. The number of rotatable bonds is 5. The second kappa shape index (κ2) is 7.51. The monoisotopic (exact) mass is 337 g/mol. The second-order valence-corrected chi connectivity index (χ2v) is 6.61. The number of carbonyl (C=O) groups excluding carboxylic acids is 1. The number of likely N-dealkylation sites (tertiary alicyclic amines) is 1. The number of carboxylic acid groups (broad SMARTS) is 1. The maximum Gasteiger partial charge on any atom is 0.308 e. The molecule has 1 N–H and O–H groups in total. The summed E-state index contributed by atoms with van der Waals surface area (Å²) in [5.41, 5.74) is 3.20. The van der Waals surface area contributed by atoms with Crippen LogP contribution < -0.4 is 0 Å². The molecule has 2 atom stereocenters. The largest absolute Gasteiger partial charge is 0.481 e. The number of hydrogen-bond donors (Lipinski definition) is 1. The maximum absolute atomic E-state index is 12.6. The molecule has 0 spiro atoms. The smallest absolute Gasteiger partial charge is 0.308 e. The Morgan fingerprint density at radius 3 is 2.24 bits per heavy atom. The van der Waals surface area contributed by atoms with E-state index in [4.69, 9.17) is 0 Å². The summed E-state index contributed by atoms with van der Waals surface area (Å²) in [7, 11) is 0. The lowest BCUT2D eigenvalue weighted by molar-refractivity contribution is -0.141. The van der Waals surface area contributed by atoms with Crippen LogP contribution in [0.1, 0.15) is 29.5 Å². The van der Waals surface area contributed by atoms with Gasteiger partial charge in [-0.25, -0.2) is 0 Å². The number of benzene rings is 2. The average molecular weight is 337 g/mol. The molecular weight excluding hydrogens is 314 g/mol. The highest BCUT2D eigenvalue weighted by molar-refractivity contribution is 5.81. The van der Waals surface area contributed by atoms with E-state index in [1.165, 1.54) is 5.56 Å². The molecule has 3 rings (SSSR count). The molecule has 1 heterocycles. The zero-order chi connectivity index (χ0) is 17.8. The Labute approximate surface area is 148 Å².